The highest BCUT2D eigenvalue weighted by Gasteiger charge is 2.38. The molecule has 6 nitrogen and oxygen atoms in total. The molecular formula is C24H29N2O4+. The van der Waals surface area contributed by atoms with E-state index in [2.05, 4.69) is 12.1 Å². The number of hydrogen-bond donors (Lipinski definition) is 1. The number of rotatable bonds is 7. The number of carbonyl (C=O) groups is 2. The van der Waals surface area contributed by atoms with Crippen LogP contribution in [0.4, 0.5) is 5.69 Å². The number of benzene rings is 2. The number of aryl methyl sites for hydroxylation is 1. The Hall–Kier alpha value is -2.86. The van der Waals surface area contributed by atoms with Gasteiger partial charge in [0.2, 0.25) is 0 Å². The first-order valence-electron chi connectivity index (χ1n) is 10.8. The smallest absolute Gasteiger partial charge is 0.303 e. The molecule has 30 heavy (non-hydrogen) atoms. The van der Waals surface area contributed by atoms with Crippen LogP contribution in [-0.4, -0.2) is 38.1 Å². The number of hydrogen-bond acceptors (Lipinski definition) is 4. The summed E-state index contributed by atoms with van der Waals surface area (Å²) < 4.78 is 11.5. The Morgan fingerprint density at radius 2 is 1.67 bits per heavy atom. The maximum Gasteiger partial charge on any atom is 0.303 e. The van der Waals surface area contributed by atoms with Gasteiger partial charge in [-0.1, -0.05) is 13.0 Å². The molecule has 0 saturated heterocycles. The highest BCUT2D eigenvalue weighted by molar-refractivity contribution is 6.52. The van der Waals surface area contributed by atoms with Gasteiger partial charge < -0.3 is 14.4 Å². The van der Waals surface area contributed by atoms with E-state index < -0.39 is 11.7 Å². The quantitative estimate of drug-likeness (QED) is 0.712. The molecule has 1 atom stereocenters. The normalized spacial score (nSPS) is 17.7. The van der Waals surface area contributed by atoms with Crippen LogP contribution in [0.2, 0.25) is 0 Å². The number of quaternary nitrogens is 1. The van der Waals surface area contributed by atoms with Crippen LogP contribution in [0.3, 0.4) is 0 Å². The summed E-state index contributed by atoms with van der Waals surface area (Å²) in [5.74, 6) is 0.752. The molecule has 0 fully saturated rings. The Morgan fingerprint density at radius 1 is 0.967 bits per heavy atom. The minimum atomic E-state index is -0.418. The largest absolute Gasteiger partial charge is 0.490 e. The molecule has 2 heterocycles. The van der Waals surface area contributed by atoms with Crippen LogP contribution in [0.5, 0.6) is 11.5 Å². The van der Waals surface area contributed by atoms with Gasteiger partial charge in [0.15, 0.2) is 18.2 Å². The lowest BCUT2D eigenvalue weighted by Crippen LogP contribution is -3.13. The van der Waals surface area contributed by atoms with E-state index in [0.717, 1.165) is 48.7 Å². The Bertz CT molecular complexity index is 985. The van der Waals surface area contributed by atoms with Gasteiger partial charge in [-0.3, -0.25) is 14.5 Å². The Labute approximate surface area is 177 Å². The third kappa shape index (κ3) is 3.67. The van der Waals surface area contributed by atoms with Gasteiger partial charge in [-0.05, 0) is 55.7 Å². The Morgan fingerprint density at radius 3 is 2.33 bits per heavy atom. The molecule has 2 aromatic rings. The van der Waals surface area contributed by atoms with E-state index >= 15 is 0 Å². The lowest BCUT2D eigenvalue weighted by Gasteiger charge is -2.30. The van der Waals surface area contributed by atoms with Gasteiger partial charge in [-0.15, -0.1) is 0 Å². The van der Waals surface area contributed by atoms with Crippen molar-refractivity contribution in [2.45, 2.75) is 40.2 Å². The number of fused-ring (bicyclic) bond motifs is 2. The van der Waals surface area contributed by atoms with Crippen molar-refractivity contribution in [1.29, 1.82) is 0 Å². The average Bonchev–Trinajstić information content (AvgIpc) is 2.99. The van der Waals surface area contributed by atoms with E-state index in [0.29, 0.717) is 25.4 Å². The Balaban J connectivity index is 1.55. The van der Waals surface area contributed by atoms with Gasteiger partial charge in [0, 0.05) is 12.0 Å². The lowest BCUT2D eigenvalue weighted by molar-refractivity contribution is -0.914. The SMILES string of the molecule is CCOc1cc2c(cc1OCC)C[NH+](CN1C(=O)C(=O)c3cc(CC)ccc31)CC2. The predicted molar refractivity (Wildman–Crippen MR) is 115 cm³/mol. The number of carbonyl (C=O) groups excluding carboxylic acids is 2. The summed E-state index contributed by atoms with van der Waals surface area (Å²) in [4.78, 5) is 28.1. The summed E-state index contributed by atoms with van der Waals surface area (Å²) in [6.45, 7) is 9.32. The van der Waals surface area contributed by atoms with Crippen LogP contribution in [0, 0.1) is 0 Å². The zero-order chi connectivity index (χ0) is 21.3. The van der Waals surface area contributed by atoms with Crippen LogP contribution in [0.25, 0.3) is 0 Å². The molecule has 0 aromatic heterocycles. The van der Waals surface area contributed by atoms with Crippen molar-refractivity contribution in [2.75, 3.05) is 31.3 Å². The molecule has 2 aliphatic rings. The van der Waals surface area contributed by atoms with E-state index in [1.165, 1.54) is 16.0 Å². The molecular weight excluding hydrogens is 380 g/mol. The molecule has 0 saturated carbocycles. The van der Waals surface area contributed by atoms with Crippen molar-refractivity contribution in [2.24, 2.45) is 0 Å². The third-order valence-corrected chi connectivity index (χ3v) is 5.88. The fourth-order valence-corrected chi connectivity index (χ4v) is 4.33. The number of nitrogens with one attached hydrogen (secondary N) is 1. The van der Waals surface area contributed by atoms with E-state index in [1.807, 2.05) is 39.0 Å². The number of ketones is 1. The first-order valence-corrected chi connectivity index (χ1v) is 10.8. The van der Waals surface area contributed by atoms with Crippen molar-refractivity contribution in [3.05, 3.63) is 52.6 Å². The first kappa shape index (κ1) is 20.4. The number of anilines is 1. The monoisotopic (exact) mass is 409 g/mol. The van der Waals surface area contributed by atoms with Gasteiger partial charge in [0.25, 0.3) is 5.78 Å². The van der Waals surface area contributed by atoms with Crippen LogP contribution in [0.15, 0.2) is 30.3 Å². The standard InChI is InChI=1S/C24H28N2O4/c1-4-16-7-8-20-19(11-16)23(27)24(28)26(20)15-25-10-9-17-12-21(29-5-2)22(30-6-3)13-18(17)14-25/h7-8,11-13H,4-6,9-10,14-15H2,1-3H3/p+1. The molecule has 1 N–H and O–H groups in total. The van der Waals surface area contributed by atoms with E-state index in [4.69, 9.17) is 9.47 Å². The number of nitrogens with zero attached hydrogens (tertiary/aromatic N) is 1. The van der Waals surface area contributed by atoms with Gasteiger partial charge in [0.1, 0.15) is 6.54 Å². The fourth-order valence-electron chi connectivity index (χ4n) is 4.33. The number of ether oxygens (including phenoxy) is 2. The maximum absolute atomic E-state index is 12.7. The molecule has 2 aromatic carbocycles. The number of amides is 1. The van der Waals surface area contributed by atoms with Crippen LogP contribution >= 0.6 is 0 Å². The highest BCUT2D eigenvalue weighted by Crippen LogP contribution is 2.32. The number of Topliss-reactive ketones (excluding diaryl/α,β-unsaturated/α-hetero) is 1. The van der Waals surface area contributed by atoms with Crippen LogP contribution in [-0.2, 0) is 24.2 Å². The summed E-state index contributed by atoms with van der Waals surface area (Å²) >= 11 is 0. The zero-order valence-corrected chi connectivity index (χ0v) is 17.9. The van der Waals surface area contributed by atoms with Gasteiger partial charge >= 0.3 is 5.91 Å². The van der Waals surface area contributed by atoms with Crippen molar-refractivity contribution < 1.29 is 24.0 Å². The summed E-state index contributed by atoms with van der Waals surface area (Å²) in [5.41, 5.74) is 4.83. The minimum Gasteiger partial charge on any atom is -0.490 e. The molecule has 0 radical (unpaired) electrons. The molecule has 0 bridgehead atoms. The van der Waals surface area contributed by atoms with Crippen molar-refractivity contribution in [3.63, 3.8) is 0 Å². The second kappa shape index (κ2) is 8.48. The fraction of sp³-hybridized carbons (Fsp3) is 0.417. The second-order valence-electron chi connectivity index (χ2n) is 7.79. The van der Waals surface area contributed by atoms with Gasteiger partial charge in [-0.25, -0.2) is 0 Å². The summed E-state index contributed by atoms with van der Waals surface area (Å²) in [5, 5.41) is 0. The van der Waals surface area contributed by atoms with Crippen molar-refractivity contribution >= 4 is 17.4 Å². The minimum absolute atomic E-state index is 0.392. The summed E-state index contributed by atoms with van der Waals surface area (Å²) in [7, 11) is 0. The third-order valence-electron chi connectivity index (χ3n) is 5.88. The zero-order valence-electron chi connectivity index (χ0n) is 17.9. The van der Waals surface area contributed by atoms with E-state index in [-0.39, 0.29) is 0 Å². The first-order chi connectivity index (χ1) is 14.5. The highest BCUT2D eigenvalue weighted by atomic mass is 16.5. The van der Waals surface area contributed by atoms with E-state index in [1.54, 1.807) is 4.90 Å². The molecule has 6 heteroatoms. The molecule has 1 unspecified atom stereocenters. The average molecular weight is 410 g/mol. The lowest BCUT2D eigenvalue weighted by atomic mass is 9.99. The Kier molecular flexibility index (Phi) is 5.77. The van der Waals surface area contributed by atoms with Crippen molar-refractivity contribution in [1.82, 2.24) is 0 Å². The summed E-state index contributed by atoms with van der Waals surface area (Å²) in [6.07, 6.45) is 1.74. The molecule has 0 aliphatic carbocycles. The maximum atomic E-state index is 12.7. The topological polar surface area (TPSA) is 60.3 Å². The van der Waals surface area contributed by atoms with Gasteiger partial charge in [0.05, 0.1) is 31.0 Å². The molecule has 0 spiro atoms. The summed E-state index contributed by atoms with van der Waals surface area (Å²) in [6, 6.07) is 9.94. The van der Waals surface area contributed by atoms with Crippen LogP contribution in [0.1, 0.15) is 47.8 Å². The van der Waals surface area contributed by atoms with E-state index in [9.17, 15) is 9.59 Å². The van der Waals surface area contributed by atoms with Crippen molar-refractivity contribution in [3.8, 4) is 11.5 Å². The van der Waals surface area contributed by atoms with Gasteiger partial charge in [-0.2, -0.15) is 0 Å². The molecule has 2 aliphatic heterocycles. The second-order valence-corrected chi connectivity index (χ2v) is 7.79. The molecule has 158 valence electrons. The van der Waals surface area contributed by atoms with Crippen LogP contribution < -0.4 is 19.3 Å². The predicted octanol–water partition coefficient (Wildman–Crippen LogP) is 2.17. The molecule has 1 amide bonds. The molecule has 4 rings (SSSR count).